The summed E-state index contributed by atoms with van der Waals surface area (Å²) in [4.78, 5) is 10.5. The van der Waals surface area contributed by atoms with Gasteiger partial charge in [0, 0.05) is 5.56 Å². The van der Waals surface area contributed by atoms with Crippen molar-refractivity contribution in [2.24, 2.45) is 5.41 Å². The lowest BCUT2D eigenvalue weighted by molar-refractivity contribution is -0.140. The zero-order valence-corrected chi connectivity index (χ0v) is 18.2. The average Bonchev–Trinajstić information content (AvgIpc) is 2.57. The Bertz CT molecular complexity index is 629. The zero-order valence-electron chi connectivity index (χ0n) is 18.2. The third-order valence-electron chi connectivity index (χ3n) is 5.13. The summed E-state index contributed by atoms with van der Waals surface area (Å²) in [7, 11) is 0. The second kappa shape index (κ2) is 10.6. The van der Waals surface area contributed by atoms with Gasteiger partial charge in [-0.15, -0.1) is 0 Å². The summed E-state index contributed by atoms with van der Waals surface area (Å²) in [6.07, 6.45) is 7.61. The van der Waals surface area contributed by atoms with E-state index in [1.807, 2.05) is 13.8 Å². The molecular weight excluding hydrogens is 356 g/mol. The largest absolute Gasteiger partial charge is 0.507 e. The van der Waals surface area contributed by atoms with Crippen molar-refractivity contribution in [1.29, 1.82) is 0 Å². The number of benzene rings is 1. The highest BCUT2D eigenvalue weighted by Gasteiger charge is 2.20. The molecule has 1 aromatic carbocycles. The van der Waals surface area contributed by atoms with Gasteiger partial charge in [-0.1, -0.05) is 33.6 Å². The average molecular weight is 395 g/mol. The Morgan fingerprint density at radius 1 is 0.857 bits per heavy atom. The minimum Gasteiger partial charge on any atom is -0.507 e. The highest BCUT2D eigenvalue weighted by molar-refractivity contribution is 5.56. The Morgan fingerprint density at radius 3 is 2.07 bits per heavy atom. The number of aromatic hydroxyl groups is 3. The molecule has 0 aromatic heterocycles. The van der Waals surface area contributed by atoms with Crippen LogP contribution in [0.5, 0.6) is 17.2 Å². The Balaban J connectivity index is 2.63. The van der Waals surface area contributed by atoms with Crippen molar-refractivity contribution in [3.05, 3.63) is 17.2 Å². The molecule has 1 aromatic rings. The lowest BCUT2D eigenvalue weighted by Gasteiger charge is -2.22. The predicted octanol–water partition coefficient (Wildman–Crippen LogP) is 5.62. The molecule has 0 amide bonds. The fraction of sp³-hybridized carbons (Fsp3) is 0.696. The third-order valence-corrected chi connectivity index (χ3v) is 5.13. The molecule has 0 fully saturated rings. The smallest absolute Gasteiger partial charge is 0.293 e. The molecule has 0 aliphatic carbocycles. The summed E-state index contributed by atoms with van der Waals surface area (Å²) < 4.78 is 5.03. The number of unbranched alkanes of at least 4 members (excludes halogenated alkanes) is 3. The van der Waals surface area contributed by atoms with E-state index < -0.39 is 5.60 Å². The van der Waals surface area contributed by atoms with E-state index in [1.54, 1.807) is 0 Å². The standard InChI is InChI=1S/C23H38O5/c1-22(2,3)13-9-6-7-11-17-15-19(25)21(27)18(20(17)26)12-8-10-14-23(4,5)28-16-24/h15-16,25-27H,6-14H2,1-5H3. The summed E-state index contributed by atoms with van der Waals surface area (Å²) in [6.45, 7) is 10.9. The minimum atomic E-state index is -0.525. The molecule has 160 valence electrons. The number of phenols is 3. The van der Waals surface area contributed by atoms with Gasteiger partial charge in [0.25, 0.3) is 6.47 Å². The SMILES string of the molecule is CC(C)(C)CCCCCc1cc(O)c(O)c(CCCCC(C)(C)OC=O)c1O. The Labute approximate surface area is 169 Å². The minimum absolute atomic E-state index is 0.0922. The molecule has 5 nitrogen and oxygen atoms in total. The number of carbonyl (C=O) groups is 1. The fourth-order valence-corrected chi connectivity index (χ4v) is 3.38. The van der Waals surface area contributed by atoms with Gasteiger partial charge in [-0.25, -0.2) is 0 Å². The quantitative estimate of drug-likeness (QED) is 0.185. The van der Waals surface area contributed by atoms with Crippen LogP contribution in [0.15, 0.2) is 6.07 Å². The topological polar surface area (TPSA) is 87.0 Å². The number of rotatable bonds is 12. The predicted molar refractivity (Wildman–Crippen MR) is 112 cm³/mol. The van der Waals surface area contributed by atoms with Gasteiger partial charge in [-0.05, 0) is 75.8 Å². The molecule has 0 unspecified atom stereocenters. The van der Waals surface area contributed by atoms with Crippen LogP contribution in [0.1, 0.15) is 90.7 Å². The van der Waals surface area contributed by atoms with Crippen LogP contribution in [-0.4, -0.2) is 27.4 Å². The summed E-state index contributed by atoms with van der Waals surface area (Å²) in [5, 5.41) is 30.8. The maximum atomic E-state index is 10.6. The summed E-state index contributed by atoms with van der Waals surface area (Å²) in [5.74, 6) is -0.325. The first-order valence-corrected chi connectivity index (χ1v) is 10.3. The molecule has 0 aliphatic heterocycles. The summed E-state index contributed by atoms with van der Waals surface area (Å²) in [5.41, 5.74) is 0.893. The molecule has 0 atom stereocenters. The molecule has 0 bridgehead atoms. The first-order valence-electron chi connectivity index (χ1n) is 10.3. The van der Waals surface area contributed by atoms with E-state index in [1.165, 1.54) is 6.07 Å². The number of hydrogen-bond donors (Lipinski definition) is 3. The van der Waals surface area contributed by atoms with Crippen LogP contribution in [-0.2, 0) is 22.4 Å². The Hall–Kier alpha value is -1.91. The van der Waals surface area contributed by atoms with Crippen LogP contribution in [0.4, 0.5) is 0 Å². The second-order valence-corrected chi connectivity index (χ2v) is 9.53. The lowest BCUT2D eigenvalue weighted by Crippen LogP contribution is -2.23. The van der Waals surface area contributed by atoms with Crippen molar-refractivity contribution in [3.63, 3.8) is 0 Å². The second-order valence-electron chi connectivity index (χ2n) is 9.53. The van der Waals surface area contributed by atoms with Crippen molar-refractivity contribution in [1.82, 2.24) is 0 Å². The van der Waals surface area contributed by atoms with Gasteiger partial charge in [0.2, 0.25) is 0 Å². The molecule has 0 heterocycles. The van der Waals surface area contributed by atoms with Crippen LogP contribution in [0, 0.1) is 5.41 Å². The van der Waals surface area contributed by atoms with Crippen molar-refractivity contribution in [3.8, 4) is 17.2 Å². The van der Waals surface area contributed by atoms with Gasteiger partial charge < -0.3 is 20.1 Å². The maximum Gasteiger partial charge on any atom is 0.293 e. The molecule has 0 saturated carbocycles. The highest BCUT2D eigenvalue weighted by atomic mass is 16.5. The van der Waals surface area contributed by atoms with Crippen molar-refractivity contribution in [2.75, 3.05) is 0 Å². The van der Waals surface area contributed by atoms with Gasteiger partial charge >= 0.3 is 0 Å². The van der Waals surface area contributed by atoms with E-state index in [0.29, 0.717) is 48.7 Å². The van der Waals surface area contributed by atoms with Gasteiger partial charge in [0.15, 0.2) is 11.5 Å². The number of hydrogen-bond acceptors (Lipinski definition) is 5. The monoisotopic (exact) mass is 394 g/mol. The Kier molecular flexibility index (Phi) is 9.12. The number of carbonyl (C=O) groups excluding carboxylic acids is 1. The first kappa shape index (κ1) is 24.1. The maximum absolute atomic E-state index is 10.6. The van der Waals surface area contributed by atoms with Gasteiger partial charge in [-0.2, -0.15) is 0 Å². The summed E-state index contributed by atoms with van der Waals surface area (Å²) in [6, 6.07) is 1.47. The van der Waals surface area contributed by atoms with E-state index in [4.69, 9.17) is 4.74 Å². The van der Waals surface area contributed by atoms with Crippen molar-refractivity contribution < 1.29 is 24.9 Å². The van der Waals surface area contributed by atoms with Crippen LogP contribution in [0.3, 0.4) is 0 Å². The molecule has 0 spiro atoms. The Morgan fingerprint density at radius 2 is 1.46 bits per heavy atom. The third kappa shape index (κ3) is 8.41. The lowest BCUT2D eigenvalue weighted by atomic mass is 9.89. The number of aryl methyl sites for hydroxylation is 1. The van der Waals surface area contributed by atoms with Crippen molar-refractivity contribution in [2.45, 2.75) is 98.0 Å². The van der Waals surface area contributed by atoms with E-state index in [-0.39, 0.29) is 17.2 Å². The van der Waals surface area contributed by atoms with Crippen LogP contribution >= 0.6 is 0 Å². The van der Waals surface area contributed by atoms with E-state index >= 15 is 0 Å². The van der Waals surface area contributed by atoms with Crippen LogP contribution in [0.25, 0.3) is 0 Å². The van der Waals surface area contributed by atoms with E-state index in [9.17, 15) is 20.1 Å². The molecular formula is C23H38O5. The van der Waals surface area contributed by atoms with E-state index in [2.05, 4.69) is 20.8 Å². The van der Waals surface area contributed by atoms with Crippen LogP contribution < -0.4 is 0 Å². The van der Waals surface area contributed by atoms with Gasteiger partial charge in [0.05, 0.1) is 0 Å². The molecule has 1 rings (SSSR count). The molecule has 0 saturated heterocycles. The normalized spacial score (nSPS) is 12.2. The first-order chi connectivity index (χ1) is 13.0. The molecule has 0 aliphatic rings. The van der Waals surface area contributed by atoms with Gasteiger partial charge in [0.1, 0.15) is 11.4 Å². The number of phenolic OH excluding ortho intramolecular Hbond substituents is 3. The molecule has 28 heavy (non-hydrogen) atoms. The molecule has 0 radical (unpaired) electrons. The molecule has 5 heteroatoms. The van der Waals surface area contributed by atoms with Gasteiger partial charge in [-0.3, -0.25) is 4.79 Å². The summed E-state index contributed by atoms with van der Waals surface area (Å²) >= 11 is 0. The van der Waals surface area contributed by atoms with E-state index in [0.717, 1.165) is 32.1 Å². The highest BCUT2D eigenvalue weighted by Crippen LogP contribution is 2.40. The number of ether oxygens (including phenoxy) is 1. The molecule has 3 N–H and O–H groups in total. The fourth-order valence-electron chi connectivity index (χ4n) is 3.38. The zero-order chi connectivity index (χ0) is 21.4. The van der Waals surface area contributed by atoms with Crippen molar-refractivity contribution >= 4 is 6.47 Å². The van der Waals surface area contributed by atoms with Crippen LogP contribution in [0.2, 0.25) is 0 Å².